The number of halogens is 3. The third kappa shape index (κ3) is 4.09. The maximum absolute atomic E-state index is 12.7. The van der Waals surface area contributed by atoms with Crippen molar-refractivity contribution in [2.24, 2.45) is 0 Å². The van der Waals surface area contributed by atoms with Gasteiger partial charge in [-0.25, -0.2) is 4.39 Å². The van der Waals surface area contributed by atoms with Crippen molar-refractivity contribution in [1.82, 2.24) is 10.2 Å². The highest BCUT2D eigenvalue weighted by atomic mass is 19.3. The maximum atomic E-state index is 12.7. The molecule has 0 radical (unpaired) electrons. The van der Waals surface area contributed by atoms with E-state index in [1.54, 1.807) is 0 Å². The lowest BCUT2D eigenvalue weighted by molar-refractivity contribution is -0.130. The van der Waals surface area contributed by atoms with Crippen LogP contribution < -0.4 is 5.32 Å². The number of nitrogens with zero attached hydrogens (tertiary/aromatic N) is 1. The molecule has 118 valence electrons. The van der Waals surface area contributed by atoms with E-state index in [2.05, 4.69) is 5.32 Å². The van der Waals surface area contributed by atoms with Gasteiger partial charge >= 0.3 is 0 Å². The summed E-state index contributed by atoms with van der Waals surface area (Å²) in [5.41, 5.74) is 0.331. The highest BCUT2D eigenvalue weighted by Gasteiger charge is 2.21. The standard InChI is InChI=1S/C15H15F3N2O2/c16-12-3-1-11(2-4-12)15(22)19-9-13(21)20-7-5-10(6-8-20)14(17)18/h1-4H,5-9H2,(H,19,22). The molecule has 4 nitrogen and oxygen atoms in total. The molecular weight excluding hydrogens is 297 g/mol. The zero-order chi connectivity index (χ0) is 16.1. The molecule has 1 aliphatic rings. The van der Waals surface area contributed by atoms with E-state index in [1.807, 2.05) is 0 Å². The van der Waals surface area contributed by atoms with Gasteiger partial charge in [-0.15, -0.1) is 0 Å². The third-order valence-electron chi connectivity index (χ3n) is 3.49. The van der Waals surface area contributed by atoms with Gasteiger partial charge in [-0.1, -0.05) is 0 Å². The zero-order valence-electron chi connectivity index (χ0n) is 11.7. The second-order valence-electron chi connectivity index (χ2n) is 4.93. The van der Waals surface area contributed by atoms with Crippen LogP contribution in [0, 0.1) is 5.82 Å². The van der Waals surface area contributed by atoms with E-state index in [0.717, 1.165) is 12.1 Å². The summed E-state index contributed by atoms with van der Waals surface area (Å²) < 4.78 is 37.6. The lowest BCUT2D eigenvalue weighted by Crippen LogP contribution is -2.43. The Bertz CT molecular complexity index is 585. The molecule has 1 N–H and O–H groups in total. The van der Waals surface area contributed by atoms with Crippen molar-refractivity contribution in [2.75, 3.05) is 19.6 Å². The zero-order valence-corrected chi connectivity index (χ0v) is 11.7. The molecule has 0 unspecified atom stereocenters. The first-order valence-corrected chi connectivity index (χ1v) is 6.82. The number of carbonyl (C=O) groups excluding carboxylic acids is 2. The van der Waals surface area contributed by atoms with E-state index in [1.165, 1.54) is 17.0 Å². The topological polar surface area (TPSA) is 49.4 Å². The predicted octanol–water partition coefficient (Wildman–Crippen LogP) is 2.33. The van der Waals surface area contributed by atoms with Crippen LogP contribution in [0.5, 0.6) is 0 Å². The predicted molar refractivity (Wildman–Crippen MR) is 73.8 cm³/mol. The Kier molecular flexibility index (Phi) is 5.19. The SMILES string of the molecule is O=C(NCC(=O)N1CCC(=C(F)F)CC1)c1ccc(F)cc1. The first-order valence-electron chi connectivity index (χ1n) is 6.82. The summed E-state index contributed by atoms with van der Waals surface area (Å²) in [7, 11) is 0. The lowest BCUT2D eigenvalue weighted by Gasteiger charge is -2.28. The van der Waals surface area contributed by atoms with Crippen LogP contribution in [0.3, 0.4) is 0 Å². The van der Waals surface area contributed by atoms with Crippen LogP contribution in [0.15, 0.2) is 35.9 Å². The fraction of sp³-hybridized carbons (Fsp3) is 0.333. The molecule has 1 saturated heterocycles. The van der Waals surface area contributed by atoms with Gasteiger partial charge in [-0.3, -0.25) is 9.59 Å². The van der Waals surface area contributed by atoms with E-state index < -0.39 is 17.8 Å². The molecule has 1 heterocycles. The van der Waals surface area contributed by atoms with Gasteiger partial charge in [0.2, 0.25) is 5.91 Å². The Morgan fingerprint density at radius 1 is 1.09 bits per heavy atom. The second kappa shape index (κ2) is 7.11. The minimum Gasteiger partial charge on any atom is -0.343 e. The number of benzene rings is 1. The van der Waals surface area contributed by atoms with Crippen molar-refractivity contribution in [3.8, 4) is 0 Å². The van der Waals surface area contributed by atoms with Gasteiger partial charge in [0.15, 0.2) is 0 Å². The van der Waals surface area contributed by atoms with E-state index in [4.69, 9.17) is 0 Å². The number of hydrogen-bond acceptors (Lipinski definition) is 2. The summed E-state index contributed by atoms with van der Waals surface area (Å²) >= 11 is 0. The average Bonchev–Trinajstić information content (AvgIpc) is 2.53. The quantitative estimate of drug-likeness (QED) is 0.931. The second-order valence-corrected chi connectivity index (χ2v) is 4.93. The minimum atomic E-state index is -1.67. The molecule has 1 fully saturated rings. The molecule has 0 spiro atoms. The van der Waals surface area contributed by atoms with Crippen LogP contribution in [0.1, 0.15) is 23.2 Å². The van der Waals surface area contributed by atoms with Crippen molar-refractivity contribution in [3.63, 3.8) is 0 Å². The van der Waals surface area contributed by atoms with E-state index >= 15 is 0 Å². The molecule has 1 aromatic carbocycles. The van der Waals surface area contributed by atoms with E-state index in [0.29, 0.717) is 0 Å². The van der Waals surface area contributed by atoms with Gasteiger partial charge in [-0.2, -0.15) is 8.78 Å². The monoisotopic (exact) mass is 312 g/mol. The Hall–Kier alpha value is -2.31. The van der Waals surface area contributed by atoms with Crippen LogP contribution in [0.25, 0.3) is 0 Å². The minimum absolute atomic E-state index is 0.0828. The highest BCUT2D eigenvalue weighted by Crippen LogP contribution is 2.21. The summed E-state index contributed by atoms with van der Waals surface area (Å²) in [4.78, 5) is 25.1. The largest absolute Gasteiger partial charge is 0.343 e. The molecular formula is C15H15F3N2O2. The molecule has 0 aliphatic carbocycles. The van der Waals surface area contributed by atoms with Gasteiger partial charge in [0, 0.05) is 18.7 Å². The van der Waals surface area contributed by atoms with Gasteiger partial charge in [-0.05, 0) is 42.7 Å². The molecule has 0 aromatic heterocycles. The van der Waals surface area contributed by atoms with Crippen LogP contribution >= 0.6 is 0 Å². The lowest BCUT2D eigenvalue weighted by atomic mass is 10.1. The summed E-state index contributed by atoms with van der Waals surface area (Å²) in [6.45, 7) is 0.225. The Labute approximate surface area is 125 Å². The Morgan fingerprint density at radius 3 is 2.23 bits per heavy atom. The van der Waals surface area contributed by atoms with E-state index in [-0.39, 0.29) is 49.5 Å². The normalized spacial score (nSPS) is 14.7. The fourth-order valence-corrected chi connectivity index (χ4v) is 2.19. The number of likely N-dealkylation sites (tertiary alicyclic amines) is 1. The van der Waals surface area contributed by atoms with Crippen LogP contribution in [0.2, 0.25) is 0 Å². The number of carbonyl (C=O) groups is 2. The molecule has 0 saturated carbocycles. The Balaban J connectivity index is 1.82. The summed E-state index contributed by atoms with van der Waals surface area (Å²) in [5, 5.41) is 2.44. The van der Waals surface area contributed by atoms with Gasteiger partial charge in [0.25, 0.3) is 12.0 Å². The number of nitrogens with one attached hydrogen (secondary N) is 1. The summed E-state index contributed by atoms with van der Waals surface area (Å²) in [6.07, 6.45) is -1.36. The Morgan fingerprint density at radius 2 is 1.68 bits per heavy atom. The van der Waals surface area contributed by atoms with Crippen molar-refractivity contribution >= 4 is 11.8 Å². The van der Waals surface area contributed by atoms with Crippen molar-refractivity contribution in [3.05, 3.63) is 47.3 Å². The average molecular weight is 312 g/mol. The molecule has 2 amide bonds. The third-order valence-corrected chi connectivity index (χ3v) is 3.49. The number of hydrogen-bond donors (Lipinski definition) is 1. The van der Waals surface area contributed by atoms with E-state index in [9.17, 15) is 22.8 Å². The van der Waals surface area contributed by atoms with Crippen molar-refractivity contribution < 1.29 is 22.8 Å². The molecule has 1 aromatic rings. The molecule has 22 heavy (non-hydrogen) atoms. The summed E-state index contributed by atoms with van der Waals surface area (Å²) in [5.74, 6) is -1.26. The molecule has 7 heteroatoms. The van der Waals surface area contributed by atoms with Crippen LogP contribution in [0.4, 0.5) is 13.2 Å². The molecule has 2 rings (SSSR count). The molecule has 0 bridgehead atoms. The number of amides is 2. The highest BCUT2D eigenvalue weighted by molar-refractivity contribution is 5.96. The van der Waals surface area contributed by atoms with Crippen molar-refractivity contribution in [1.29, 1.82) is 0 Å². The van der Waals surface area contributed by atoms with Crippen LogP contribution in [-0.4, -0.2) is 36.3 Å². The van der Waals surface area contributed by atoms with Gasteiger partial charge in [0.05, 0.1) is 6.54 Å². The fourth-order valence-electron chi connectivity index (χ4n) is 2.19. The van der Waals surface area contributed by atoms with Crippen molar-refractivity contribution in [2.45, 2.75) is 12.8 Å². The first-order chi connectivity index (χ1) is 10.5. The number of rotatable bonds is 3. The molecule has 1 aliphatic heterocycles. The maximum Gasteiger partial charge on any atom is 0.269 e. The smallest absolute Gasteiger partial charge is 0.269 e. The van der Waals surface area contributed by atoms with Gasteiger partial charge in [0.1, 0.15) is 5.82 Å². The van der Waals surface area contributed by atoms with Crippen LogP contribution in [-0.2, 0) is 4.79 Å². The summed E-state index contributed by atoms with van der Waals surface area (Å²) in [6, 6.07) is 4.94. The molecule has 0 atom stereocenters. The number of piperidine rings is 1. The first kappa shape index (κ1) is 16.1. The van der Waals surface area contributed by atoms with Gasteiger partial charge < -0.3 is 10.2 Å².